The van der Waals surface area contributed by atoms with Gasteiger partial charge in [0.1, 0.15) is 17.6 Å². The van der Waals surface area contributed by atoms with Gasteiger partial charge < -0.3 is 24.1 Å². The van der Waals surface area contributed by atoms with Crippen LogP contribution in [0.4, 0.5) is 0 Å². The van der Waals surface area contributed by atoms with Gasteiger partial charge in [0, 0.05) is 22.3 Å². The minimum absolute atomic E-state index is 0.0823. The number of carbonyl (C=O) groups excluding carboxylic acids is 2. The van der Waals surface area contributed by atoms with Crippen molar-refractivity contribution in [3.8, 4) is 11.5 Å². The molecule has 0 saturated carbocycles. The second-order valence-electron chi connectivity index (χ2n) is 7.85. The number of epoxide rings is 2. The third-order valence-corrected chi connectivity index (χ3v) is 6.69. The van der Waals surface area contributed by atoms with Crippen LogP contribution in [0.25, 0.3) is 0 Å². The number of ketones is 2. The Morgan fingerprint density at radius 1 is 0.926 bits per heavy atom. The molecule has 2 spiro atoms. The highest BCUT2D eigenvalue weighted by Crippen LogP contribution is 2.70. The lowest BCUT2D eigenvalue weighted by Crippen LogP contribution is -2.53. The number of aromatic hydroxyl groups is 1. The maximum Gasteiger partial charge on any atom is 0.269 e. The first kappa shape index (κ1) is 13.4. The van der Waals surface area contributed by atoms with E-state index in [0.717, 1.165) is 0 Å². The van der Waals surface area contributed by atoms with Crippen LogP contribution in [0.1, 0.15) is 37.4 Å². The van der Waals surface area contributed by atoms with E-state index in [0.29, 0.717) is 28.0 Å². The van der Waals surface area contributed by atoms with Crippen LogP contribution >= 0.6 is 0 Å². The van der Waals surface area contributed by atoms with E-state index in [2.05, 4.69) is 0 Å². The summed E-state index contributed by atoms with van der Waals surface area (Å²) in [7, 11) is 0. The molecular formula is C20H10O7. The number of phenolic OH excluding ortho intramolecular Hbond substituents is 1. The smallest absolute Gasteiger partial charge is 0.269 e. The molecule has 7 heteroatoms. The summed E-state index contributed by atoms with van der Waals surface area (Å²) in [4.78, 5) is 25.5. The SMILES string of the molecule is O=C1c2c(O)ccc3c2[C@]2(Oc4cccc5c4[C@@]3(O2)[C@H]2O[C@H]2C5=O)[C@H]2O[C@@H]12. The van der Waals surface area contributed by atoms with Gasteiger partial charge in [-0.15, -0.1) is 0 Å². The molecule has 7 nitrogen and oxygen atoms in total. The molecule has 0 amide bonds. The molecule has 0 aromatic heterocycles. The van der Waals surface area contributed by atoms with Crippen LogP contribution in [0.5, 0.6) is 11.5 Å². The highest BCUT2D eigenvalue weighted by atomic mass is 16.8. The van der Waals surface area contributed by atoms with Crippen molar-refractivity contribution in [1.82, 2.24) is 0 Å². The van der Waals surface area contributed by atoms with Gasteiger partial charge in [-0.2, -0.15) is 0 Å². The Balaban J connectivity index is 1.58. The van der Waals surface area contributed by atoms with Gasteiger partial charge in [-0.3, -0.25) is 9.59 Å². The molecule has 2 fully saturated rings. The van der Waals surface area contributed by atoms with Crippen molar-refractivity contribution in [2.75, 3.05) is 0 Å². The minimum Gasteiger partial charge on any atom is -0.507 e. The minimum atomic E-state index is -1.31. The van der Waals surface area contributed by atoms with E-state index in [9.17, 15) is 14.7 Å². The molecule has 8 rings (SSSR count). The van der Waals surface area contributed by atoms with E-state index in [1.54, 1.807) is 24.3 Å². The first-order chi connectivity index (χ1) is 13.1. The molecule has 2 aromatic rings. The predicted octanol–water partition coefficient (Wildman–Crippen LogP) is 1.14. The van der Waals surface area contributed by atoms with Crippen molar-refractivity contribution in [2.24, 2.45) is 0 Å². The van der Waals surface area contributed by atoms with Gasteiger partial charge in [-0.1, -0.05) is 18.2 Å². The lowest BCUT2D eigenvalue weighted by atomic mass is 9.73. The summed E-state index contributed by atoms with van der Waals surface area (Å²) < 4.78 is 24.3. The molecule has 2 aliphatic carbocycles. The van der Waals surface area contributed by atoms with E-state index in [4.69, 9.17) is 18.9 Å². The predicted molar refractivity (Wildman–Crippen MR) is 84.7 cm³/mol. The van der Waals surface area contributed by atoms with Gasteiger partial charge in [0.05, 0.1) is 5.56 Å². The molecule has 2 aromatic carbocycles. The van der Waals surface area contributed by atoms with Crippen LogP contribution in [0.3, 0.4) is 0 Å². The standard InChI is InChI=1S/C20H10O7/c21-8-5-4-7-12-10(8)14(23)16-18(25-16)20(12)26-9-3-1-2-6-11(9)19(7,27-20)17-15(24-17)13(6)22/h1-5,15-18,21H/t15-,16-,17-,18-,19+,20+/m0/s1. The summed E-state index contributed by atoms with van der Waals surface area (Å²) in [6.07, 6.45) is -2.33. The number of phenols is 1. The average Bonchev–Trinajstić information content (AvgIpc) is 3.56. The molecule has 2 bridgehead atoms. The molecule has 4 aliphatic heterocycles. The fraction of sp³-hybridized carbons (Fsp3) is 0.300. The zero-order valence-electron chi connectivity index (χ0n) is 13.6. The van der Waals surface area contributed by atoms with Gasteiger partial charge in [0.25, 0.3) is 5.79 Å². The Morgan fingerprint density at radius 2 is 1.74 bits per heavy atom. The quantitative estimate of drug-likeness (QED) is 0.702. The summed E-state index contributed by atoms with van der Waals surface area (Å²) in [5.41, 5.74) is 1.53. The molecule has 0 radical (unpaired) electrons. The van der Waals surface area contributed by atoms with E-state index in [1.807, 2.05) is 0 Å². The Labute approximate surface area is 151 Å². The van der Waals surface area contributed by atoms with E-state index in [1.165, 1.54) is 6.07 Å². The summed E-state index contributed by atoms with van der Waals surface area (Å²) in [5, 5.41) is 10.4. The second-order valence-corrected chi connectivity index (χ2v) is 7.85. The van der Waals surface area contributed by atoms with Crippen molar-refractivity contribution >= 4 is 11.6 Å². The van der Waals surface area contributed by atoms with Gasteiger partial charge in [-0.25, -0.2) is 0 Å². The zero-order valence-corrected chi connectivity index (χ0v) is 13.6. The normalized spacial score (nSPS) is 42.5. The van der Waals surface area contributed by atoms with Crippen LogP contribution in [0, 0.1) is 0 Å². The topological polar surface area (TPSA) is 97.9 Å². The van der Waals surface area contributed by atoms with Crippen molar-refractivity contribution in [2.45, 2.75) is 35.8 Å². The number of Topliss-reactive ketones (excluding diaryl/α,β-unsaturated/α-hetero) is 2. The van der Waals surface area contributed by atoms with Crippen LogP contribution < -0.4 is 4.74 Å². The fourth-order valence-electron chi connectivity index (χ4n) is 5.61. The second kappa shape index (κ2) is 3.52. The molecule has 4 heterocycles. The molecule has 132 valence electrons. The summed E-state index contributed by atoms with van der Waals surface area (Å²) in [5.74, 6) is -1.24. The largest absolute Gasteiger partial charge is 0.507 e. The maximum absolute atomic E-state index is 12.8. The summed E-state index contributed by atoms with van der Waals surface area (Å²) >= 11 is 0. The van der Waals surface area contributed by atoms with E-state index in [-0.39, 0.29) is 22.9 Å². The van der Waals surface area contributed by atoms with Crippen molar-refractivity contribution in [1.29, 1.82) is 0 Å². The molecule has 2 saturated heterocycles. The van der Waals surface area contributed by atoms with Gasteiger partial charge in [0.2, 0.25) is 0 Å². The molecule has 27 heavy (non-hydrogen) atoms. The van der Waals surface area contributed by atoms with Crippen molar-refractivity contribution in [3.05, 3.63) is 58.1 Å². The summed E-state index contributed by atoms with van der Waals surface area (Å²) in [6.45, 7) is 0. The van der Waals surface area contributed by atoms with Gasteiger partial charge in [0.15, 0.2) is 35.5 Å². The third kappa shape index (κ3) is 1.11. The number of hydrogen-bond acceptors (Lipinski definition) is 7. The van der Waals surface area contributed by atoms with Gasteiger partial charge in [-0.05, 0) is 12.1 Å². The summed E-state index contributed by atoms with van der Waals surface area (Å²) in [6, 6.07) is 8.56. The van der Waals surface area contributed by atoms with E-state index >= 15 is 0 Å². The Bertz CT molecular complexity index is 1190. The van der Waals surface area contributed by atoms with Crippen LogP contribution in [-0.4, -0.2) is 41.1 Å². The van der Waals surface area contributed by atoms with Crippen molar-refractivity contribution < 1.29 is 33.6 Å². The molecular weight excluding hydrogens is 352 g/mol. The van der Waals surface area contributed by atoms with Crippen LogP contribution in [0.15, 0.2) is 30.3 Å². The first-order valence-corrected chi connectivity index (χ1v) is 8.87. The third-order valence-electron chi connectivity index (χ3n) is 6.69. The number of ether oxygens (including phenoxy) is 4. The number of fused-ring (bicyclic) bond motifs is 2. The molecule has 6 atom stereocenters. The number of hydrogen-bond donors (Lipinski definition) is 1. The molecule has 1 N–H and O–H groups in total. The number of rotatable bonds is 0. The fourth-order valence-corrected chi connectivity index (χ4v) is 5.61. The monoisotopic (exact) mass is 362 g/mol. The maximum atomic E-state index is 12.8. The number of benzene rings is 2. The molecule has 0 unspecified atom stereocenters. The van der Waals surface area contributed by atoms with Crippen LogP contribution in [0.2, 0.25) is 0 Å². The Hall–Kier alpha value is -2.74. The lowest BCUT2D eigenvalue weighted by molar-refractivity contribution is -0.262. The Kier molecular flexibility index (Phi) is 1.75. The zero-order chi connectivity index (χ0) is 17.9. The van der Waals surface area contributed by atoms with Gasteiger partial charge >= 0.3 is 0 Å². The number of carbonyl (C=O) groups is 2. The molecule has 6 aliphatic rings. The lowest BCUT2D eigenvalue weighted by Gasteiger charge is -2.43. The highest BCUT2D eigenvalue weighted by molar-refractivity contribution is 6.09. The highest BCUT2D eigenvalue weighted by Gasteiger charge is 2.81. The first-order valence-electron chi connectivity index (χ1n) is 8.87. The van der Waals surface area contributed by atoms with Crippen LogP contribution in [-0.2, 0) is 25.6 Å². The Morgan fingerprint density at radius 3 is 2.63 bits per heavy atom. The van der Waals surface area contributed by atoms with Crippen molar-refractivity contribution in [3.63, 3.8) is 0 Å². The van der Waals surface area contributed by atoms with E-state index < -0.39 is 35.8 Å². The average molecular weight is 362 g/mol.